The van der Waals surface area contributed by atoms with E-state index in [0.717, 1.165) is 5.01 Å². The Morgan fingerprint density at radius 1 is 1.06 bits per heavy atom. The summed E-state index contributed by atoms with van der Waals surface area (Å²) in [6.07, 6.45) is 1.69. The van der Waals surface area contributed by atoms with Crippen LogP contribution in [0.2, 0.25) is 10.0 Å². The molecule has 0 bridgehead atoms. The second kappa shape index (κ2) is 4.35. The van der Waals surface area contributed by atoms with Crippen LogP contribution in [0.3, 0.4) is 0 Å². The molecule has 0 aliphatic carbocycles. The van der Waals surface area contributed by atoms with Gasteiger partial charge < -0.3 is 5.73 Å². The first-order valence-corrected chi connectivity index (χ1v) is 6.61. The fraction of sp³-hybridized carbons (Fsp3) is 0. The van der Waals surface area contributed by atoms with Crippen molar-refractivity contribution in [1.82, 2.24) is 15.0 Å². The summed E-state index contributed by atoms with van der Waals surface area (Å²) in [7, 11) is 0. The maximum absolute atomic E-state index is 5.96. The van der Waals surface area contributed by atoms with Gasteiger partial charge in [0.25, 0.3) is 0 Å². The number of nitrogens with zero attached hydrogens (tertiary/aromatic N) is 3. The summed E-state index contributed by atoms with van der Waals surface area (Å²) in [5.41, 5.74) is 7.70. The summed E-state index contributed by atoms with van der Waals surface area (Å²) in [6, 6.07) is 3.32. The number of hydrogen-bond donors (Lipinski definition) is 1. The predicted octanol–water partition coefficient (Wildman–Crippen LogP) is 3.64. The summed E-state index contributed by atoms with van der Waals surface area (Å²) in [4.78, 5) is 12.9. The number of rotatable bonds is 1. The fourth-order valence-electron chi connectivity index (χ4n) is 1.56. The molecular formula is C11H6Cl2N4S. The number of fused-ring (bicyclic) bond motifs is 1. The van der Waals surface area contributed by atoms with Gasteiger partial charge in [-0.15, -0.1) is 11.3 Å². The van der Waals surface area contributed by atoms with Crippen LogP contribution < -0.4 is 5.73 Å². The Hall–Kier alpha value is -1.43. The Labute approximate surface area is 116 Å². The maximum atomic E-state index is 5.96. The van der Waals surface area contributed by atoms with Crippen LogP contribution in [-0.4, -0.2) is 15.0 Å². The predicted molar refractivity (Wildman–Crippen MR) is 75.1 cm³/mol. The standard InChI is InChI=1S/C11H6Cl2N4S/c12-5-3-7-8(4-6(5)13)17-10(14)9(16-7)11-15-1-2-18-11/h1-4H,(H2,14,17). The molecule has 90 valence electrons. The minimum atomic E-state index is 0.329. The van der Waals surface area contributed by atoms with Crippen molar-refractivity contribution >= 4 is 51.4 Å². The fourth-order valence-corrected chi connectivity index (χ4v) is 2.51. The molecule has 0 amide bonds. The van der Waals surface area contributed by atoms with E-state index < -0.39 is 0 Å². The average molecular weight is 297 g/mol. The first kappa shape index (κ1) is 11.6. The Morgan fingerprint density at radius 2 is 1.72 bits per heavy atom. The molecular weight excluding hydrogens is 291 g/mol. The quantitative estimate of drug-likeness (QED) is 0.744. The first-order valence-electron chi connectivity index (χ1n) is 4.97. The molecule has 2 aromatic heterocycles. The number of aromatic nitrogens is 3. The molecule has 1 aromatic carbocycles. The zero-order valence-corrected chi connectivity index (χ0v) is 11.2. The lowest BCUT2D eigenvalue weighted by atomic mass is 10.3. The van der Waals surface area contributed by atoms with E-state index in [-0.39, 0.29) is 0 Å². The Morgan fingerprint density at radius 3 is 2.33 bits per heavy atom. The van der Waals surface area contributed by atoms with Crippen molar-refractivity contribution in [2.75, 3.05) is 5.73 Å². The van der Waals surface area contributed by atoms with Gasteiger partial charge >= 0.3 is 0 Å². The highest BCUT2D eigenvalue weighted by Crippen LogP contribution is 2.30. The van der Waals surface area contributed by atoms with E-state index >= 15 is 0 Å². The molecule has 0 atom stereocenters. The topological polar surface area (TPSA) is 64.7 Å². The highest BCUT2D eigenvalue weighted by atomic mass is 35.5. The maximum Gasteiger partial charge on any atom is 0.153 e. The van der Waals surface area contributed by atoms with Gasteiger partial charge in [-0.1, -0.05) is 23.2 Å². The van der Waals surface area contributed by atoms with Crippen molar-refractivity contribution in [2.24, 2.45) is 0 Å². The van der Waals surface area contributed by atoms with Gasteiger partial charge in [-0.2, -0.15) is 0 Å². The van der Waals surface area contributed by atoms with Crippen LogP contribution in [0.25, 0.3) is 21.7 Å². The van der Waals surface area contributed by atoms with Gasteiger partial charge in [-0.25, -0.2) is 15.0 Å². The molecule has 2 heterocycles. The molecule has 0 aliphatic heterocycles. The van der Waals surface area contributed by atoms with Gasteiger partial charge in [0.15, 0.2) is 5.82 Å². The number of nitrogen functional groups attached to an aromatic ring is 1. The summed E-state index contributed by atoms with van der Waals surface area (Å²) in [5, 5.41) is 3.45. The molecule has 2 N–H and O–H groups in total. The molecule has 0 aliphatic rings. The van der Waals surface area contributed by atoms with E-state index in [1.807, 2.05) is 5.38 Å². The minimum Gasteiger partial charge on any atom is -0.382 e. The highest BCUT2D eigenvalue weighted by Gasteiger charge is 2.12. The van der Waals surface area contributed by atoms with Gasteiger partial charge in [0.2, 0.25) is 0 Å². The Kier molecular flexibility index (Phi) is 2.81. The van der Waals surface area contributed by atoms with Gasteiger partial charge in [0.05, 0.1) is 21.1 Å². The molecule has 4 nitrogen and oxygen atoms in total. The van der Waals surface area contributed by atoms with E-state index in [9.17, 15) is 0 Å². The van der Waals surface area contributed by atoms with Crippen LogP contribution in [0.15, 0.2) is 23.7 Å². The molecule has 0 saturated heterocycles. The van der Waals surface area contributed by atoms with Crippen LogP contribution in [0, 0.1) is 0 Å². The lowest BCUT2D eigenvalue weighted by Gasteiger charge is -2.05. The zero-order valence-electron chi connectivity index (χ0n) is 8.89. The SMILES string of the molecule is Nc1nc2cc(Cl)c(Cl)cc2nc1-c1nccs1. The molecule has 0 spiro atoms. The van der Waals surface area contributed by atoms with E-state index in [2.05, 4.69) is 15.0 Å². The van der Waals surface area contributed by atoms with E-state index in [0.29, 0.717) is 32.6 Å². The summed E-state index contributed by atoms with van der Waals surface area (Å²) in [6.45, 7) is 0. The molecule has 0 unspecified atom stereocenters. The zero-order chi connectivity index (χ0) is 12.7. The smallest absolute Gasteiger partial charge is 0.153 e. The van der Waals surface area contributed by atoms with Crippen LogP contribution in [-0.2, 0) is 0 Å². The Balaban J connectivity index is 2.30. The van der Waals surface area contributed by atoms with Crippen LogP contribution in [0.4, 0.5) is 5.82 Å². The second-order valence-corrected chi connectivity index (χ2v) is 5.26. The molecule has 0 saturated carbocycles. The molecule has 0 radical (unpaired) electrons. The van der Waals surface area contributed by atoms with Crippen molar-refractivity contribution in [3.63, 3.8) is 0 Å². The number of benzene rings is 1. The Bertz CT molecular complexity index is 727. The molecule has 3 rings (SSSR count). The molecule has 18 heavy (non-hydrogen) atoms. The largest absolute Gasteiger partial charge is 0.382 e. The van der Waals surface area contributed by atoms with Gasteiger partial charge in [0, 0.05) is 11.6 Å². The van der Waals surface area contributed by atoms with Gasteiger partial charge in [-0.05, 0) is 12.1 Å². The third-order valence-corrected chi connectivity index (χ3v) is 3.87. The third kappa shape index (κ3) is 1.90. The van der Waals surface area contributed by atoms with Crippen LogP contribution in [0.1, 0.15) is 0 Å². The molecule has 7 heteroatoms. The number of nitrogens with two attached hydrogens (primary N) is 1. The normalized spacial score (nSPS) is 11.0. The van der Waals surface area contributed by atoms with Crippen molar-refractivity contribution in [2.45, 2.75) is 0 Å². The van der Waals surface area contributed by atoms with Crippen molar-refractivity contribution in [3.05, 3.63) is 33.8 Å². The minimum absolute atomic E-state index is 0.329. The number of thiazole rings is 1. The highest BCUT2D eigenvalue weighted by molar-refractivity contribution is 7.13. The van der Waals surface area contributed by atoms with Crippen LogP contribution in [0.5, 0.6) is 0 Å². The summed E-state index contributed by atoms with van der Waals surface area (Å²) < 4.78 is 0. The number of hydrogen-bond acceptors (Lipinski definition) is 5. The van der Waals surface area contributed by atoms with Crippen molar-refractivity contribution < 1.29 is 0 Å². The first-order chi connectivity index (χ1) is 8.65. The van der Waals surface area contributed by atoms with E-state index in [1.165, 1.54) is 11.3 Å². The van der Waals surface area contributed by atoms with Crippen molar-refractivity contribution in [3.8, 4) is 10.7 Å². The van der Waals surface area contributed by atoms with Gasteiger partial charge in [0.1, 0.15) is 10.7 Å². The second-order valence-electron chi connectivity index (χ2n) is 3.55. The van der Waals surface area contributed by atoms with E-state index in [4.69, 9.17) is 28.9 Å². The summed E-state index contributed by atoms with van der Waals surface area (Å²) in [5.74, 6) is 0.329. The monoisotopic (exact) mass is 296 g/mol. The summed E-state index contributed by atoms with van der Waals surface area (Å²) >= 11 is 13.3. The van der Waals surface area contributed by atoms with Gasteiger partial charge in [-0.3, -0.25) is 0 Å². The molecule has 3 aromatic rings. The third-order valence-electron chi connectivity index (χ3n) is 2.37. The lowest BCUT2D eigenvalue weighted by molar-refractivity contribution is 1.28. The van der Waals surface area contributed by atoms with E-state index in [1.54, 1.807) is 18.3 Å². The van der Waals surface area contributed by atoms with Crippen molar-refractivity contribution in [1.29, 1.82) is 0 Å². The lowest BCUT2D eigenvalue weighted by Crippen LogP contribution is -1.98. The number of anilines is 1. The van der Waals surface area contributed by atoms with Crippen LogP contribution >= 0.6 is 34.5 Å². The average Bonchev–Trinajstić information content (AvgIpc) is 2.84. The number of halogens is 2. The molecule has 0 fully saturated rings.